The second kappa shape index (κ2) is 6.49. The van der Waals surface area contributed by atoms with Crippen molar-refractivity contribution in [2.75, 3.05) is 13.1 Å². The zero-order valence-corrected chi connectivity index (χ0v) is 14.1. The fourth-order valence-corrected chi connectivity index (χ4v) is 3.69. The fraction of sp³-hybridized carbons (Fsp3) is 0.529. The predicted octanol–water partition coefficient (Wildman–Crippen LogP) is 2.57. The summed E-state index contributed by atoms with van der Waals surface area (Å²) in [6.07, 6.45) is 2.31. The maximum absolute atomic E-state index is 12.8. The van der Waals surface area contributed by atoms with E-state index in [0.717, 1.165) is 30.5 Å². The quantitative estimate of drug-likeness (QED) is 0.899. The summed E-state index contributed by atoms with van der Waals surface area (Å²) in [6.45, 7) is 3.49. The van der Waals surface area contributed by atoms with E-state index in [1.165, 1.54) is 0 Å². The van der Waals surface area contributed by atoms with Crippen LogP contribution in [-0.4, -0.2) is 35.2 Å². The lowest BCUT2D eigenvalue weighted by Crippen LogP contribution is -2.51. The number of rotatable bonds is 5. The Bertz CT molecular complexity index is 626. The summed E-state index contributed by atoms with van der Waals surface area (Å²) >= 11 is 6.02. The molecule has 0 bridgehead atoms. The molecule has 1 spiro atoms. The molecule has 0 atom stereocenters. The average molecular weight is 336 g/mol. The molecule has 2 aliphatic rings. The number of amides is 1. The van der Waals surface area contributed by atoms with Gasteiger partial charge < -0.3 is 15.5 Å². The highest BCUT2D eigenvalue weighted by atomic mass is 35.5. The van der Waals surface area contributed by atoms with E-state index in [2.05, 4.69) is 5.16 Å². The molecule has 1 fully saturated rings. The molecular formula is C17H22ClN3O2. The highest BCUT2D eigenvalue weighted by Gasteiger charge is 2.53. The van der Waals surface area contributed by atoms with Gasteiger partial charge in [0.05, 0.1) is 5.71 Å². The molecule has 1 heterocycles. The largest absolute Gasteiger partial charge is 0.389 e. The molecule has 0 unspecified atom stereocenters. The molecule has 6 heteroatoms. The molecule has 1 aliphatic carbocycles. The van der Waals surface area contributed by atoms with Crippen LogP contribution in [-0.2, 0) is 16.2 Å². The highest BCUT2D eigenvalue weighted by Crippen LogP contribution is 2.47. The van der Waals surface area contributed by atoms with Gasteiger partial charge in [0.15, 0.2) is 0 Å². The lowest BCUT2D eigenvalue weighted by Gasteiger charge is -2.43. The van der Waals surface area contributed by atoms with Crippen molar-refractivity contribution in [3.05, 3.63) is 34.9 Å². The van der Waals surface area contributed by atoms with Crippen LogP contribution in [0.2, 0.25) is 5.02 Å². The fourth-order valence-electron chi connectivity index (χ4n) is 3.47. The van der Waals surface area contributed by atoms with Crippen LogP contribution in [0.15, 0.2) is 29.4 Å². The topological polar surface area (TPSA) is 67.9 Å². The monoisotopic (exact) mass is 335 g/mol. The number of halogens is 1. The Morgan fingerprint density at radius 1 is 1.52 bits per heavy atom. The van der Waals surface area contributed by atoms with Crippen molar-refractivity contribution in [2.45, 2.75) is 38.3 Å². The van der Waals surface area contributed by atoms with E-state index in [1.807, 2.05) is 36.1 Å². The van der Waals surface area contributed by atoms with Crippen LogP contribution in [0.4, 0.5) is 0 Å². The predicted molar refractivity (Wildman–Crippen MR) is 90.2 cm³/mol. The Kier molecular flexibility index (Phi) is 4.60. The minimum absolute atomic E-state index is 0.00170. The minimum atomic E-state index is -0.227. The molecule has 1 saturated carbocycles. The second-order valence-corrected chi connectivity index (χ2v) is 7.00. The van der Waals surface area contributed by atoms with Crippen LogP contribution in [0.25, 0.3) is 0 Å². The first-order chi connectivity index (χ1) is 11.0. The summed E-state index contributed by atoms with van der Waals surface area (Å²) in [4.78, 5) is 20.1. The molecule has 0 radical (unpaired) electrons. The summed E-state index contributed by atoms with van der Waals surface area (Å²) in [5.41, 5.74) is 7.48. The van der Waals surface area contributed by atoms with E-state index in [-0.39, 0.29) is 17.4 Å². The zero-order valence-electron chi connectivity index (χ0n) is 13.3. The average Bonchev–Trinajstić information content (AvgIpc) is 2.87. The van der Waals surface area contributed by atoms with Gasteiger partial charge in [-0.1, -0.05) is 28.9 Å². The van der Waals surface area contributed by atoms with Crippen molar-refractivity contribution < 1.29 is 9.63 Å². The standard InChI is InChI=1S/C17H22ClN3O2/c1-12-8-17(23-20-12)9-14(10-17)16(22)21(6-5-19)11-13-3-2-4-15(18)7-13/h2-4,7,14H,5-6,8-11,19H2,1H3. The Morgan fingerprint density at radius 3 is 2.91 bits per heavy atom. The van der Waals surface area contributed by atoms with E-state index in [9.17, 15) is 4.79 Å². The van der Waals surface area contributed by atoms with Gasteiger partial charge in [-0.2, -0.15) is 0 Å². The SMILES string of the molecule is CC1=NOC2(C1)CC(C(=O)N(CCN)Cc1cccc(Cl)c1)C2. The second-order valence-electron chi connectivity index (χ2n) is 6.56. The number of hydrogen-bond donors (Lipinski definition) is 1. The van der Waals surface area contributed by atoms with Crippen LogP contribution < -0.4 is 5.73 Å². The Labute approximate surface area is 141 Å². The number of benzene rings is 1. The normalized spacial score (nSPS) is 25.7. The number of carbonyl (C=O) groups excluding carboxylic acids is 1. The Morgan fingerprint density at radius 2 is 2.30 bits per heavy atom. The molecule has 2 N–H and O–H groups in total. The van der Waals surface area contributed by atoms with Gasteiger partial charge in [0.2, 0.25) is 5.91 Å². The van der Waals surface area contributed by atoms with Gasteiger partial charge in [-0.15, -0.1) is 0 Å². The first kappa shape index (κ1) is 16.3. The van der Waals surface area contributed by atoms with Crippen LogP contribution in [0.3, 0.4) is 0 Å². The molecule has 0 aromatic heterocycles. The molecule has 1 aromatic carbocycles. The lowest BCUT2D eigenvalue weighted by molar-refractivity contribution is -0.157. The summed E-state index contributed by atoms with van der Waals surface area (Å²) in [7, 11) is 0. The van der Waals surface area contributed by atoms with Gasteiger partial charge in [-0.3, -0.25) is 4.79 Å². The number of hydrogen-bond acceptors (Lipinski definition) is 4. The van der Waals surface area contributed by atoms with Gasteiger partial charge in [0, 0.05) is 49.8 Å². The summed E-state index contributed by atoms with van der Waals surface area (Å²) in [5, 5.41) is 4.70. The van der Waals surface area contributed by atoms with E-state index >= 15 is 0 Å². The number of oxime groups is 1. The maximum Gasteiger partial charge on any atom is 0.226 e. The van der Waals surface area contributed by atoms with E-state index in [1.54, 1.807) is 0 Å². The Balaban J connectivity index is 1.61. The lowest BCUT2D eigenvalue weighted by atomic mass is 9.68. The third-order valence-corrected chi connectivity index (χ3v) is 4.77. The number of carbonyl (C=O) groups is 1. The van der Waals surface area contributed by atoms with E-state index in [0.29, 0.717) is 24.7 Å². The third-order valence-electron chi connectivity index (χ3n) is 4.53. The molecule has 5 nitrogen and oxygen atoms in total. The van der Waals surface area contributed by atoms with E-state index in [4.69, 9.17) is 22.2 Å². The van der Waals surface area contributed by atoms with Gasteiger partial charge in [-0.05, 0) is 24.6 Å². The van der Waals surface area contributed by atoms with Crippen molar-refractivity contribution in [1.29, 1.82) is 0 Å². The van der Waals surface area contributed by atoms with Gasteiger partial charge >= 0.3 is 0 Å². The van der Waals surface area contributed by atoms with E-state index < -0.39 is 0 Å². The smallest absolute Gasteiger partial charge is 0.226 e. The van der Waals surface area contributed by atoms with Crippen molar-refractivity contribution in [3.63, 3.8) is 0 Å². The first-order valence-electron chi connectivity index (χ1n) is 7.96. The molecular weight excluding hydrogens is 314 g/mol. The Hall–Kier alpha value is -1.59. The number of nitrogens with zero attached hydrogens (tertiary/aromatic N) is 2. The van der Waals surface area contributed by atoms with Crippen molar-refractivity contribution in [3.8, 4) is 0 Å². The molecule has 3 rings (SSSR count). The van der Waals surface area contributed by atoms with Gasteiger partial charge in [-0.25, -0.2) is 0 Å². The molecule has 1 amide bonds. The maximum atomic E-state index is 12.8. The van der Waals surface area contributed by atoms with Gasteiger partial charge in [0.1, 0.15) is 5.60 Å². The molecule has 23 heavy (non-hydrogen) atoms. The molecule has 1 aliphatic heterocycles. The van der Waals surface area contributed by atoms with Crippen LogP contribution >= 0.6 is 11.6 Å². The van der Waals surface area contributed by atoms with Crippen LogP contribution in [0.5, 0.6) is 0 Å². The minimum Gasteiger partial charge on any atom is -0.389 e. The summed E-state index contributed by atoms with van der Waals surface area (Å²) in [5.74, 6) is 0.149. The highest BCUT2D eigenvalue weighted by molar-refractivity contribution is 6.30. The first-order valence-corrected chi connectivity index (χ1v) is 8.34. The number of nitrogens with two attached hydrogens (primary N) is 1. The molecule has 124 valence electrons. The van der Waals surface area contributed by atoms with Crippen molar-refractivity contribution in [2.24, 2.45) is 16.8 Å². The van der Waals surface area contributed by atoms with Gasteiger partial charge in [0.25, 0.3) is 0 Å². The van der Waals surface area contributed by atoms with Crippen LogP contribution in [0.1, 0.15) is 31.7 Å². The van der Waals surface area contributed by atoms with Crippen molar-refractivity contribution >= 4 is 23.2 Å². The summed E-state index contributed by atoms with van der Waals surface area (Å²) in [6, 6.07) is 7.59. The molecule has 0 saturated heterocycles. The molecule has 1 aromatic rings. The van der Waals surface area contributed by atoms with Crippen LogP contribution in [0, 0.1) is 5.92 Å². The van der Waals surface area contributed by atoms with Crippen molar-refractivity contribution in [1.82, 2.24) is 4.90 Å². The summed E-state index contributed by atoms with van der Waals surface area (Å²) < 4.78 is 0. The zero-order chi connectivity index (χ0) is 16.4. The third kappa shape index (κ3) is 3.51.